The second-order valence-corrected chi connectivity index (χ2v) is 5.06. The Morgan fingerprint density at radius 2 is 1.95 bits per heavy atom. The SMILES string of the molecule is N#Cc1c(C(F)(F)F)c2c([nH]c1=O)CCC1(C2)OCCO1. The highest BCUT2D eigenvalue weighted by atomic mass is 19.4. The predicted octanol–water partition coefficient (Wildman–Crippen LogP) is 1.50. The highest BCUT2D eigenvalue weighted by Gasteiger charge is 2.46. The maximum absolute atomic E-state index is 13.3. The maximum atomic E-state index is 13.3. The van der Waals surface area contributed by atoms with E-state index in [1.165, 1.54) is 6.07 Å². The van der Waals surface area contributed by atoms with Crippen molar-refractivity contribution in [1.82, 2.24) is 4.98 Å². The average Bonchev–Trinajstić information content (AvgIpc) is 2.85. The van der Waals surface area contributed by atoms with Crippen molar-refractivity contribution in [2.75, 3.05) is 13.2 Å². The molecule has 1 aliphatic heterocycles. The van der Waals surface area contributed by atoms with Gasteiger partial charge in [-0.05, 0) is 12.0 Å². The Balaban J connectivity index is 2.21. The minimum atomic E-state index is -4.78. The van der Waals surface area contributed by atoms with Crippen molar-refractivity contribution in [3.05, 3.63) is 32.7 Å². The Labute approximate surface area is 117 Å². The van der Waals surface area contributed by atoms with Gasteiger partial charge in [0, 0.05) is 18.5 Å². The van der Waals surface area contributed by atoms with Gasteiger partial charge in [0.1, 0.15) is 11.6 Å². The first-order valence-electron chi connectivity index (χ1n) is 6.39. The summed E-state index contributed by atoms with van der Waals surface area (Å²) in [4.78, 5) is 14.0. The second kappa shape index (κ2) is 4.58. The van der Waals surface area contributed by atoms with Crippen LogP contribution in [0.2, 0.25) is 0 Å². The molecule has 2 heterocycles. The molecule has 0 unspecified atom stereocenters. The number of nitrogens with zero attached hydrogens (tertiary/aromatic N) is 1. The summed E-state index contributed by atoms with van der Waals surface area (Å²) in [6.45, 7) is 0.649. The lowest BCUT2D eigenvalue weighted by Crippen LogP contribution is -2.40. The van der Waals surface area contributed by atoms with Crippen LogP contribution >= 0.6 is 0 Å². The van der Waals surface area contributed by atoms with E-state index in [1.54, 1.807) is 0 Å². The average molecular weight is 300 g/mol. The van der Waals surface area contributed by atoms with Crippen molar-refractivity contribution in [2.45, 2.75) is 31.2 Å². The van der Waals surface area contributed by atoms with E-state index in [0.29, 0.717) is 19.6 Å². The van der Waals surface area contributed by atoms with E-state index in [0.717, 1.165) is 0 Å². The van der Waals surface area contributed by atoms with Crippen molar-refractivity contribution in [2.24, 2.45) is 0 Å². The minimum absolute atomic E-state index is 0.105. The van der Waals surface area contributed by atoms with E-state index in [2.05, 4.69) is 4.98 Å². The van der Waals surface area contributed by atoms with Crippen molar-refractivity contribution in [3.63, 3.8) is 0 Å². The number of H-pyrrole nitrogens is 1. The summed E-state index contributed by atoms with van der Waals surface area (Å²) >= 11 is 0. The summed E-state index contributed by atoms with van der Waals surface area (Å²) in [6, 6.07) is 1.35. The van der Waals surface area contributed by atoms with E-state index >= 15 is 0 Å². The molecule has 112 valence electrons. The van der Waals surface area contributed by atoms with Crippen LogP contribution < -0.4 is 5.56 Å². The van der Waals surface area contributed by atoms with Crippen LogP contribution in [0.15, 0.2) is 4.79 Å². The first-order valence-corrected chi connectivity index (χ1v) is 6.39. The largest absolute Gasteiger partial charge is 0.418 e. The lowest BCUT2D eigenvalue weighted by Gasteiger charge is -2.34. The molecule has 1 aliphatic carbocycles. The third-order valence-electron chi connectivity index (χ3n) is 3.82. The molecule has 1 aromatic rings. The summed E-state index contributed by atoms with van der Waals surface area (Å²) in [6.07, 6.45) is -4.32. The molecule has 1 fully saturated rings. The zero-order valence-electron chi connectivity index (χ0n) is 10.8. The van der Waals surface area contributed by atoms with Gasteiger partial charge in [-0.15, -0.1) is 0 Å². The second-order valence-electron chi connectivity index (χ2n) is 5.06. The number of aromatic nitrogens is 1. The first kappa shape index (κ1) is 14.1. The van der Waals surface area contributed by atoms with Gasteiger partial charge in [0.25, 0.3) is 5.56 Å². The van der Waals surface area contributed by atoms with Gasteiger partial charge >= 0.3 is 6.18 Å². The molecule has 1 N–H and O–H groups in total. The number of aromatic amines is 1. The number of hydrogen-bond donors (Lipinski definition) is 1. The fraction of sp³-hybridized carbons (Fsp3) is 0.538. The molecule has 21 heavy (non-hydrogen) atoms. The van der Waals surface area contributed by atoms with E-state index in [9.17, 15) is 18.0 Å². The summed E-state index contributed by atoms with van der Waals surface area (Å²) in [5.41, 5.74) is -2.98. The third kappa shape index (κ3) is 2.22. The topological polar surface area (TPSA) is 75.1 Å². The fourth-order valence-corrected chi connectivity index (χ4v) is 2.93. The van der Waals surface area contributed by atoms with Crippen LogP contribution in [-0.4, -0.2) is 24.0 Å². The molecule has 0 bridgehead atoms. The molecule has 1 aromatic heterocycles. The number of nitriles is 1. The summed E-state index contributed by atoms with van der Waals surface area (Å²) < 4.78 is 50.8. The van der Waals surface area contributed by atoms with Crippen molar-refractivity contribution in [1.29, 1.82) is 5.26 Å². The van der Waals surface area contributed by atoms with Gasteiger partial charge in [-0.25, -0.2) is 0 Å². The van der Waals surface area contributed by atoms with Crippen LogP contribution in [0.3, 0.4) is 0 Å². The Morgan fingerprint density at radius 3 is 2.52 bits per heavy atom. The molecule has 1 saturated heterocycles. The maximum Gasteiger partial charge on any atom is 0.418 e. The van der Waals surface area contributed by atoms with E-state index in [4.69, 9.17) is 14.7 Å². The Kier molecular flexibility index (Phi) is 3.07. The molecule has 3 rings (SSSR count). The minimum Gasteiger partial charge on any atom is -0.347 e. The van der Waals surface area contributed by atoms with E-state index < -0.39 is 28.6 Å². The fourth-order valence-electron chi connectivity index (χ4n) is 2.93. The zero-order valence-corrected chi connectivity index (χ0v) is 10.8. The summed E-state index contributed by atoms with van der Waals surface area (Å²) in [5.74, 6) is -1.07. The molecule has 0 saturated carbocycles. The number of aryl methyl sites for hydroxylation is 1. The number of nitrogens with one attached hydrogen (secondary N) is 1. The molecule has 1 spiro atoms. The molecule has 2 aliphatic rings. The van der Waals surface area contributed by atoms with E-state index in [1.807, 2.05) is 0 Å². The normalized spacial score (nSPS) is 20.3. The highest BCUT2D eigenvalue weighted by molar-refractivity contribution is 5.46. The third-order valence-corrected chi connectivity index (χ3v) is 3.82. The van der Waals surface area contributed by atoms with Crippen LogP contribution in [0.25, 0.3) is 0 Å². The van der Waals surface area contributed by atoms with Crippen LogP contribution in [0.4, 0.5) is 13.2 Å². The smallest absolute Gasteiger partial charge is 0.347 e. The number of alkyl halides is 3. The molecular formula is C13H11F3N2O3. The first-order chi connectivity index (χ1) is 9.86. The van der Waals surface area contributed by atoms with Crippen molar-refractivity contribution >= 4 is 0 Å². The molecule has 0 aromatic carbocycles. The zero-order chi connectivity index (χ0) is 15.3. The summed E-state index contributed by atoms with van der Waals surface area (Å²) in [7, 11) is 0. The number of pyridine rings is 1. The molecule has 5 nitrogen and oxygen atoms in total. The van der Waals surface area contributed by atoms with Crippen LogP contribution in [0, 0.1) is 11.3 Å². The van der Waals surface area contributed by atoms with Gasteiger partial charge in [0.2, 0.25) is 0 Å². The lowest BCUT2D eigenvalue weighted by atomic mass is 9.86. The standard InChI is InChI=1S/C13H11F3N2O3/c14-13(15,16)10-7-5-12(20-3-4-21-12)2-1-9(7)18-11(19)8(10)6-17/h1-5H2,(H,18,19). The predicted molar refractivity (Wildman–Crippen MR) is 63.4 cm³/mol. The molecular weight excluding hydrogens is 289 g/mol. The van der Waals surface area contributed by atoms with Crippen molar-refractivity contribution < 1.29 is 22.6 Å². The monoisotopic (exact) mass is 300 g/mol. The van der Waals surface area contributed by atoms with E-state index in [-0.39, 0.29) is 24.1 Å². The Bertz CT molecular complexity index is 682. The number of hydrogen-bond acceptors (Lipinski definition) is 4. The quantitative estimate of drug-likeness (QED) is 0.788. The van der Waals surface area contributed by atoms with Crippen LogP contribution in [0.5, 0.6) is 0 Å². The van der Waals surface area contributed by atoms with Crippen LogP contribution in [0.1, 0.15) is 28.8 Å². The van der Waals surface area contributed by atoms with Crippen LogP contribution in [-0.2, 0) is 28.5 Å². The number of halogens is 3. The van der Waals surface area contributed by atoms with Gasteiger partial charge < -0.3 is 14.5 Å². The molecule has 0 radical (unpaired) electrons. The number of fused-ring (bicyclic) bond motifs is 1. The lowest BCUT2D eigenvalue weighted by molar-refractivity contribution is -0.167. The Hall–Kier alpha value is -1.85. The Morgan fingerprint density at radius 1 is 1.29 bits per heavy atom. The van der Waals surface area contributed by atoms with Gasteiger partial charge in [-0.3, -0.25) is 4.79 Å². The number of rotatable bonds is 0. The summed E-state index contributed by atoms with van der Waals surface area (Å²) in [5, 5.41) is 8.89. The van der Waals surface area contributed by atoms with Gasteiger partial charge in [0.05, 0.1) is 18.8 Å². The highest BCUT2D eigenvalue weighted by Crippen LogP contribution is 2.41. The van der Waals surface area contributed by atoms with Gasteiger partial charge in [-0.1, -0.05) is 0 Å². The molecule has 0 amide bonds. The van der Waals surface area contributed by atoms with Gasteiger partial charge in [0.15, 0.2) is 5.79 Å². The molecule has 8 heteroatoms. The molecule has 0 atom stereocenters. The number of ether oxygens (including phenoxy) is 2. The van der Waals surface area contributed by atoms with Gasteiger partial charge in [-0.2, -0.15) is 18.4 Å². The van der Waals surface area contributed by atoms with Crippen molar-refractivity contribution in [3.8, 4) is 6.07 Å².